The summed E-state index contributed by atoms with van der Waals surface area (Å²) in [5.74, 6) is -0.476. The molecule has 0 radical (unpaired) electrons. The first-order valence-electron chi connectivity index (χ1n) is 6.36. The number of rotatable bonds is 4. The predicted octanol–water partition coefficient (Wildman–Crippen LogP) is 4.95. The maximum Gasteiger partial charge on any atom is 0.230 e. The van der Waals surface area contributed by atoms with Crippen LogP contribution < -0.4 is 5.32 Å². The number of halogens is 2. The molecule has 112 valence electrons. The number of carbonyl (C=O) groups excluding carboxylic acids is 1. The Balaban J connectivity index is 1.64. The van der Waals surface area contributed by atoms with Crippen LogP contribution in [0.25, 0.3) is 10.6 Å². The van der Waals surface area contributed by atoms with E-state index in [1.165, 1.54) is 23.5 Å². The van der Waals surface area contributed by atoms with Crippen molar-refractivity contribution in [2.75, 3.05) is 5.32 Å². The van der Waals surface area contributed by atoms with Gasteiger partial charge in [-0.15, -0.1) is 22.7 Å². The van der Waals surface area contributed by atoms with E-state index in [-0.39, 0.29) is 18.1 Å². The third-order valence-corrected chi connectivity index (χ3v) is 5.26. The molecule has 2 heterocycles. The van der Waals surface area contributed by atoms with Gasteiger partial charge in [0.05, 0.1) is 20.8 Å². The molecule has 0 unspecified atom stereocenters. The van der Waals surface area contributed by atoms with Crippen LogP contribution in [0.2, 0.25) is 0 Å². The average Bonchev–Trinajstić information content (AvgIpc) is 3.10. The van der Waals surface area contributed by atoms with Gasteiger partial charge < -0.3 is 5.32 Å². The van der Waals surface area contributed by atoms with Crippen LogP contribution in [0.15, 0.2) is 45.6 Å². The van der Waals surface area contributed by atoms with E-state index < -0.39 is 0 Å². The normalized spacial score (nSPS) is 10.6. The monoisotopic (exact) mass is 396 g/mol. The number of thiophene rings is 1. The molecular formula is C15H10BrFN2OS2. The summed E-state index contributed by atoms with van der Waals surface area (Å²) in [6, 6.07) is 9.84. The quantitative estimate of drug-likeness (QED) is 0.677. The highest BCUT2D eigenvalue weighted by Crippen LogP contribution is 2.33. The minimum absolute atomic E-state index is 0.167. The Hall–Kier alpha value is -1.57. The molecule has 3 aromatic rings. The molecule has 0 aliphatic heterocycles. The highest BCUT2D eigenvalue weighted by atomic mass is 79.9. The number of amides is 1. The van der Waals surface area contributed by atoms with Crippen molar-refractivity contribution in [3.05, 3.63) is 56.9 Å². The molecule has 22 heavy (non-hydrogen) atoms. The first kappa shape index (κ1) is 15.3. The molecule has 0 aliphatic carbocycles. The number of nitrogens with zero attached hydrogens (tertiary/aromatic N) is 1. The summed E-state index contributed by atoms with van der Waals surface area (Å²) in [4.78, 5) is 17.4. The SMILES string of the molecule is O=C(Cc1ccc(F)cc1)Nc1nc(-c2ccc(Br)s2)cs1. The molecule has 3 rings (SSSR count). The van der Waals surface area contributed by atoms with Crippen LogP contribution in [0.5, 0.6) is 0 Å². The fraction of sp³-hybridized carbons (Fsp3) is 0.0667. The van der Waals surface area contributed by atoms with E-state index in [4.69, 9.17) is 0 Å². The molecule has 0 atom stereocenters. The Morgan fingerprint density at radius 2 is 2.00 bits per heavy atom. The van der Waals surface area contributed by atoms with Crippen LogP contribution in [0.3, 0.4) is 0 Å². The van der Waals surface area contributed by atoms with Crippen molar-refractivity contribution in [3.8, 4) is 10.6 Å². The van der Waals surface area contributed by atoms with E-state index in [1.807, 2.05) is 17.5 Å². The smallest absolute Gasteiger partial charge is 0.230 e. The summed E-state index contributed by atoms with van der Waals surface area (Å²) >= 11 is 6.39. The van der Waals surface area contributed by atoms with Crippen LogP contribution in [0.4, 0.5) is 9.52 Å². The lowest BCUT2D eigenvalue weighted by atomic mass is 10.1. The van der Waals surface area contributed by atoms with Gasteiger partial charge in [-0.3, -0.25) is 4.79 Å². The molecule has 0 fully saturated rings. The van der Waals surface area contributed by atoms with Gasteiger partial charge in [0.15, 0.2) is 5.13 Å². The van der Waals surface area contributed by atoms with Crippen molar-refractivity contribution in [2.24, 2.45) is 0 Å². The maximum absolute atomic E-state index is 12.8. The summed E-state index contributed by atoms with van der Waals surface area (Å²) < 4.78 is 13.9. The number of anilines is 1. The van der Waals surface area contributed by atoms with Gasteiger partial charge in [0, 0.05) is 5.38 Å². The molecule has 1 aromatic carbocycles. The number of hydrogen-bond donors (Lipinski definition) is 1. The van der Waals surface area contributed by atoms with Gasteiger partial charge in [-0.2, -0.15) is 0 Å². The van der Waals surface area contributed by atoms with Crippen LogP contribution in [0, 0.1) is 5.82 Å². The first-order chi connectivity index (χ1) is 10.6. The maximum atomic E-state index is 12.8. The standard InChI is InChI=1S/C15H10BrFN2OS2/c16-13-6-5-12(22-13)11-8-21-15(18-11)19-14(20)7-9-1-3-10(17)4-2-9/h1-6,8H,7H2,(H,18,19,20). The summed E-state index contributed by atoms with van der Waals surface area (Å²) in [5, 5.41) is 5.24. The van der Waals surface area contributed by atoms with E-state index in [1.54, 1.807) is 23.5 Å². The Morgan fingerprint density at radius 1 is 1.23 bits per heavy atom. The van der Waals surface area contributed by atoms with E-state index in [9.17, 15) is 9.18 Å². The van der Waals surface area contributed by atoms with Crippen LogP contribution in [0.1, 0.15) is 5.56 Å². The number of thiazole rings is 1. The lowest BCUT2D eigenvalue weighted by molar-refractivity contribution is -0.115. The van der Waals surface area contributed by atoms with Gasteiger partial charge in [0.25, 0.3) is 0 Å². The lowest BCUT2D eigenvalue weighted by Gasteiger charge is -2.01. The number of benzene rings is 1. The minimum Gasteiger partial charge on any atom is -0.302 e. The molecule has 3 nitrogen and oxygen atoms in total. The fourth-order valence-corrected chi connectivity index (χ4v) is 4.00. The molecule has 1 amide bonds. The van der Waals surface area contributed by atoms with Gasteiger partial charge in [0.1, 0.15) is 5.82 Å². The minimum atomic E-state index is -0.309. The zero-order chi connectivity index (χ0) is 15.5. The van der Waals surface area contributed by atoms with E-state index >= 15 is 0 Å². The number of hydrogen-bond acceptors (Lipinski definition) is 4. The summed E-state index contributed by atoms with van der Waals surface area (Å²) in [5.41, 5.74) is 1.61. The number of carbonyl (C=O) groups is 1. The number of aromatic nitrogens is 1. The van der Waals surface area contributed by atoms with Crippen molar-refractivity contribution in [3.63, 3.8) is 0 Å². The molecule has 1 N–H and O–H groups in total. The van der Waals surface area contributed by atoms with Gasteiger partial charge >= 0.3 is 0 Å². The van der Waals surface area contributed by atoms with Crippen LogP contribution in [-0.4, -0.2) is 10.9 Å². The summed E-state index contributed by atoms with van der Waals surface area (Å²) in [6.07, 6.45) is 0.194. The van der Waals surface area contributed by atoms with Crippen molar-refractivity contribution in [1.82, 2.24) is 4.98 Å². The Bertz CT molecular complexity index is 798. The average molecular weight is 397 g/mol. The molecule has 0 spiro atoms. The molecule has 0 saturated heterocycles. The first-order valence-corrected chi connectivity index (χ1v) is 8.84. The number of nitrogens with one attached hydrogen (secondary N) is 1. The van der Waals surface area contributed by atoms with Gasteiger partial charge in [0.2, 0.25) is 5.91 Å². The van der Waals surface area contributed by atoms with Crippen molar-refractivity contribution in [1.29, 1.82) is 0 Å². The third kappa shape index (κ3) is 3.79. The van der Waals surface area contributed by atoms with E-state index in [2.05, 4.69) is 26.2 Å². The topological polar surface area (TPSA) is 42.0 Å². The lowest BCUT2D eigenvalue weighted by Crippen LogP contribution is -2.14. The third-order valence-electron chi connectivity index (χ3n) is 2.85. The predicted molar refractivity (Wildman–Crippen MR) is 91.9 cm³/mol. The Kier molecular flexibility index (Phi) is 4.66. The van der Waals surface area contributed by atoms with Gasteiger partial charge in [-0.1, -0.05) is 12.1 Å². The molecular weight excluding hydrogens is 387 g/mol. The molecule has 7 heteroatoms. The van der Waals surface area contributed by atoms with Gasteiger partial charge in [-0.05, 0) is 45.8 Å². The molecule has 0 saturated carbocycles. The molecule has 0 aliphatic rings. The highest BCUT2D eigenvalue weighted by Gasteiger charge is 2.10. The summed E-state index contributed by atoms with van der Waals surface area (Å²) in [6.45, 7) is 0. The molecule has 2 aromatic heterocycles. The van der Waals surface area contributed by atoms with Gasteiger partial charge in [-0.25, -0.2) is 9.37 Å². The highest BCUT2D eigenvalue weighted by molar-refractivity contribution is 9.11. The fourth-order valence-electron chi connectivity index (χ4n) is 1.85. The Morgan fingerprint density at radius 3 is 2.68 bits per heavy atom. The largest absolute Gasteiger partial charge is 0.302 e. The van der Waals surface area contributed by atoms with E-state index in [0.717, 1.165) is 19.9 Å². The Labute approximate surface area is 143 Å². The second-order valence-corrected chi connectivity index (χ2v) is 7.81. The van der Waals surface area contributed by atoms with Crippen molar-refractivity contribution >= 4 is 49.6 Å². The van der Waals surface area contributed by atoms with Crippen LogP contribution >= 0.6 is 38.6 Å². The zero-order valence-electron chi connectivity index (χ0n) is 11.2. The van der Waals surface area contributed by atoms with Crippen molar-refractivity contribution < 1.29 is 9.18 Å². The van der Waals surface area contributed by atoms with E-state index in [0.29, 0.717) is 5.13 Å². The second kappa shape index (κ2) is 6.68. The second-order valence-electron chi connectivity index (χ2n) is 4.49. The van der Waals surface area contributed by atoms with Crippen LogP contribution in [-0.2, 0) is 11.2 Å². The zero-order valence-corrected chi connectivity index (χ0v) is 14.4. The summed E-state index contributed by atoms with van der Waals surface area (Å²) in [7, 11) is 0. The molecule has 0 bridgehead atoms. The van der Waals surface area contributed by atoms with Crippen molar-refractivity contribution in [2.45, 2.75) is 6.42 Å².